The van der Waals surface area contributed by atoms with Crippen molar-refractivity contribution in [3.05, 3.63) is 0 Å². The molecular weight excluding hydrogens is 252 g/mol. The fraction of sp³-hybridized carbons (Fsp3) is 0.938. The minimum atomic E-state index is -0.436. The maximum Gasteiger partial charge on any atom is 0.222 e. The third-order valence-electron chi connectivity index (χ3n) is 5.41. The van der Waals surface area contributed by atoms with E-state index in [1.165, 1.54) is 19.3 Å². The van der Waals surface area contributed by atoms with E-state index >= 15 is 0 Å². The maximum atomic E-state index is 11.8. The number of carbonyl (C=O) groups is 1. The molecule has 20 heavy (non-hydrogen) atoms. The van der Waals surface area contributed by atoms with Crippen LogP contribution in [0.15, 0.2) is 0 Å². The molecule has 0 aromatic rings. The summed E-state index contributed by atoms with van der Waals surface area (Å²) >= 11 is 0. The standard InChI is InChI=1S/C16H28N2O2/c19-15-5-4-10-18(15)14-6-11-17(12-7-14)13-16(20)8-2-1-3-9-16/h14,20H,1-13H2. The highest BCUT2D eigenvalue weighted by Gasteiger charge is 2.35. The van der Waals surface area contributed by atoms with Gasteiger partial charge in [0.15, 0.2) is 0 Å². The summed E-state index contributed by atoms with van der Waals surface area (Å²) in [7, 11) is 0. The zero-order valence-electron chi connectivity index (χ0n) is 12.5. The number of hydrogen-bond donors (Lipinski definition) is 1. The van der Waals surface area contributed by atoms with Crippen LogP contribution in [0.25, 0.3) is 0 Å². The number of piperidine rings is 1. The van der Waals surface area contributed by atoms with Crippen molar-refractivity contribution in [1.29, 1.82) is 0 Å². The van der Waals surface area contributed by atoms with Gasteiger partial charge >= 0.3 is 0 Å². The molecule has 0 bridgehead atoms. The molecule has 2 heterocycles. The Bertz CT molecular complexity index is 344. The molecule has 3 rings (SSSR count). The molecule has 1 amide bonds. The van der Waals surface area contributed by atoms with Gasteiger partial charge in [0, 0.05) is 38.6 Å². The van der Waals surface area contributed by atoms with E-state index < -0.39 is 5.60 Å². The molecule has 2 aliphatic heterocycles. The van der Waals surface area contributed by atoms with Crippen molar-refractivity contribution >= 4 is 5.91 Å². The Hall–Kier alpha value is -0.610. The van der Waals surface area contributed by atoms with Gasteiger partial charge in [-0.05, 0) is 32.1 Å². The number of aliphatic hydroxyl groups is 1. The summed E-state index contributed by atoms with van der Waals surface area (Å²) in [5.74, 6) is 0.356. The van der Waals surface area contributed by atoms with Crippen molar-refractivity contribution < 1.29 is 9.90 Å². The third kappa shape index (κ3) is 3.17. The van der Waals surface area contributed by atoms with Crippen LogP contribution in [0.1, 0.15) is 57.8 Å². The first kappa shape index (κ1) is 14.3. The van der Waals surface area contributed by atoms with Crippen molar-refractivity contribution in [2.75, 3.05) is 26.2 Å². The second-order valence-corrected chi connectivity index (χ2v) is 6.98. The van der Waals surface area contributed by atoms with Crippen molar-refractivity contribution in [3.8, 4) is 0 Å². The Morgan fingerprint density at radius 1 is 1.05 bits per heavy atom. The summed E-state index contributed by atoms with van der Waals surface area (Å²) in [5.41, 5.74) is -0.436. The number of likely N-dealkylation sites (tertiary alicyclic amines) is 2. The molecule has 114 valence electrons. The quantitative estimate of drug-likeness (QED) is 0.857. The van der Waals surface area contributed by atoms with Crippen LogP contribution in [0.4, 0.5) is 0 Å². The van der Waals surface area contributed by atoms with Crippen LogP contribution in [0, 0.1) is 0 Å². The van der Waals surface area contributed by atoms with Gasteiger partial charge in [-0.1, -0.05) is 19.3 Å². The highest BCUT2D eigenvalue weighted by atomic mass is 16.3. The lowest BCUT2D eigenvalue weighted by Gasteiger charge is -2.41. The lowest BCUT2D eigenvalue weighted by Crippen LogP contribution is -2.50. The van der Waals surface area contributed by atoms with E-state index in [0.717, 1.165) is 64.7 Å². The van der Waals surface area contributed by atoms with Gasteiger partial charge in [0.05, 0.1) is 5.60 Å². The first-order valence-electron chi connectivity index (χ1n) is 8.41. The maximum absolute atomic E-state index is 11.8. The molecule has 0 radical (unpaired) electrons. The molecule has 1 saturated carbocycles. The molecule has 1 N–H and O–H groups in total. The summed E-state index contributed by atoms with van der Waals surface area (Å²) in [6, 6.07) is 0.460. The zero-order chi connectivity index (χ0) is 14.0. The largest absolute Gasteiger partial charge is 0.389 e. The average molecular weight is 280 g/mol. The van der Waals surface area contributed by atoms with E-state index in [4.69, 9.17) is 0 Å². The summed E-state index contributed by atoms with van der Waals surface area (Å²) in [5, 5.41) is 10.6. The number of carbonyl (C=O) groups excluding carboxylic acids is 1. The fourth-order valence-electron chi connectivity index (χ4n) is 4.23. The normalized spacial score (nSPS) is 29.1. The molecule has 0 unspecified atom stereocenters. The second kappa shape index (κ2) is 6.02. The molecule has 0 aromatic carbocycles. The van der Waals surface area contributed by atoms with Crippen LogP contribution in [0.5, 0.6) is 0 Å². The van der Waals surface area contributed by atoms with E-state index in [1.807, 2.05) is 0 Å². The Morgan fingerprint density at radius 3 is 2.35 bits per heavy atom. The first-order valence-corrected chi connectivity index (χ1v) is 8.41. The monoisotopic (exact) mass is 280 g/mol. The lowest BCUT2D eigenvalue weighted by atomic mass is 9.84. The predicted octanol–water partition coefficient (Wildman–Crippen LogP) is 1.77. The number of amides is 1. The molecule has 3 aliphatic rings. The van der Waals surface area contributed by atoms with Crippen LogP contribution in [0.3, 0.4) is 0 Å². The van der Waals surface area contributed by atoms with Crippen LogP contribution in [0.2, 0.25) is 0 Å². The van der Waals surface area contributed by atoms with Crippen LogP contribution in [-0.2, 0) is 4.79 Å². The highest BCUT2D eigenvalue weighted by Crippen LogP contribution is 2.30. The number of hydrogen-bond acceptors (Lipinski definition) is 3. The molecule has 3 fully saturated rings. The molecule has 0 atom stereocenters. The van der Waals surface area contributed by atoms with Crippen molar-refractivity contribution in [1.82, 2.24) is 9.80 Å². The molecule has 0 aromatic heterocycles. The van der Waals surface area contributed by atoms with Gasteiger partial charge in [-0.2, -0.15) is 0 Å². The smallest absolute Gasteiger partial charge is 0.222 e. The van der Waals surface area contributed by atoms with Gasteiger partial charge in [0.2, 0.25) is 5.91 Å². The molecule has 0 spiro atoms. The van der Waals surface area contributed by atoms with Gasteiger partial charge < -0.3 is 14.9 Å². The Morgan fingerprint density at radius 2 is 1.75 bits per heavy atom. The zero-order valence-corrected chi connectivity index (χ0v) is 12.5. The molecule has 4 heteroatoms. The average Bonchev–Trinajstić information content (AvgIpc) is 2.86. The van der Waals surface area contributed by atoms with Gasteiger partial charge in [-0.3, -0.25) is 4.79 Å². The highest BCUT2D eigenvalue weighted by molar-refractivity contribution is 5.78. The summed E-state index contributed by atoms with van der Waals surface area (Å²) in [4.78, 5) is 16.3. The van der Waals surface area contributed by atoms with Gasteiger partial charge in [-0.25, -0.2) is 0 Å². The van der Waals surface area contributed by atoms with E-state index in [0.29, 0.717) is 11.9 Å². The summed E-state index contributed by atoms with van der Waals surface area (Å²) in [6.45, 7) is 3.88. The van der Waals surface area contributed by atoms with Crippen LogP contribution in [-0.4, -0.2) is 58.6 Å². The van der Waals surface area contributed by atoms with Gasteiger partial charge in [0.1, 0.15) is 0 Å². The summed E-state index contributed by atoms with van der Waals surface area (Å²) in [6.07, 6.45) is 9.53. The van der Waals surface area contributed by atoms with Crippen molar-refractivity contribution in [2.45, 2.75) is 69.4 Å². The van der Waals surface area contributed by atoms with E-state index in [-0.39, 0.29) is 0 Å². The third-order valence-corrected chi connectivity index (χ3v) is 5.41. The topological polar surface area (TPSA) is 43.8 Å². The number of β-amino-alcohol motifs (C(OH)–C–C–N with tert-alkyl or cyclic N) is 1. The Kier molecular flexibility index (Phi) is 4.32. The Balaban J connectivity index is 1.47. The summed E-state index contributed by atoms with van der Waals surface area (Å²) < 4.78 is 0. The van der Waals surface area contributed by atoms with E-state index in [2.05, 4.69) is 9.80 Å². The van der Waals surface area contributed by atoms with Gasteiger partial charge in [0.25, 0.3) is 0 Å². The minimum absolute atomic E-state index is 0.356. The number of nitrogens with zero attached hydrogens (tertiary/aromatic N) is 2. The van der Waals surface area contributed by atoms with Crippen LogP contribution < -0.4 is 0 Å². The first-order chi connectivity index (χ1) is 9.66. The van der Waals surface area contributed by atoms with Crippen molar-refractivity contribution in [3.63, 3.8) is 0 Å². The molecular formula is C16H28N2O2. The predicted molar refractivity (Wildman–Crippen MR) is 78.4 cm³/mol. The molecule has 4 nitrogen and oxygen atoms in total. The lowest BCUT2D eigenvalue weighted by molar-refractivity contribution is -0.130. The van der Waals surface area contributed by atoms with E-state index in [9.17, 15) is 9.90 Å². The minimum Gasteiger partial charge on any atom is -0.389 e. The Labute approximate surface area is 122 Å². The second-order valence-electron chi connectivity index (χ2n) is 6.98. The fourth-order valence-corrected chi connectivity index (χ4v) is 4.23. The van der Waals surface area contributed by atoms with Gasteiger partial charge in [-0.15, -0.1) is 0 Å². The SMILES string of the molecule is O=C1CCCN1C1CCN(CC2(O)CCCCC2)CC1. The number of rotatable bonds is 3. The van der Waals surface area contributed by atoms with Crippen molar-refractivity contribution in [2.24, 2.45) is 0 Å². The van der Waals surface area contributed by atoms with Crippen LogP contribution >= 0.6 is 0 Å². The molecule has 2 saturated heterocycles. The molecule has 1 aliphatic carbocycles. The van der Waals surface area contributed by atoms with E-state index in [1.54, 1.807) is 0 Å².